The molecule has 2 N–H and O–H groups in total. The molecular weight excluding hydrogens is 248 g/mol. The number of nitrogens with zero attached hydrogens (tertiary/aromatic N) is 2. The highest BCUT2D eigenvalue weighted by Crippen LogP contribution is 2.11. The molecule has 0 unspecified atom stereocenters. The third-order valence-corrected chi connectivity index (χ3v) is 2.91. The van der Waals surface area contributed by atoms with E-state index in [1.807, 2.05) is 0 Å². The fourth-order valence-electron chi connectivity index (χ4n) is 1.93. The minimum absolute atomic E-state index is 0.0480. The van der Waals surface area contributed by atoms with Crippen LogP contribution < -0.4 is 11.0 Å². The topological polar surface area (TPSA) is 109 Å². The molecule has 3 aromatic rings. The molecule has 2 aromatic heterocycles. The number of H-pyrrole nitrogens is 2. The Morgan fingerprint density at radius 2 is 2.05 bits per heavy atom. The molecule has 1 aromatic carbocycles. The summed E-state index contributed by atoms with van der Waals surface area (Å²) in [6.07, 6.45) is 0. The monoisotopic (exact) mass is 256 g/mol. The number of aromatic nitrogens is 4. The van der Waals surface area contributed by atoms with Gasteiger partial charge < -0.3 is 4.98 Å². The second kappa shape index (κ2) is 3.84. The van der Waals surface area contributed by atoms with E-state index in [-0.39, 0.29) is 22.2 Å². The van der Waals surface area contributed by atoms with Crippen LogP contribution in [0.2, 0.25) is 0 Å². The van der Waals surface area contributed by atoms with Gasteiger partial charge in [0.15, 0.2) is 11.3 Å². The van der Waals surface area contributed by atoms with Crippen LogP contribution in [0.5, 0.6) is 0 Å². The Kier molecular flexibility index (Phi) is 2.28. The first-order valence-electron chi connectivity index (χ1n) is 5.50. The van der Waals surface area contributed by atoms with E-state index in [9.17, 15) is 14.4 Å². The van der Waals surface area contributed by atoms with Crippen molar-refractivity contribution in [1.82, 2.24) is 20.4 Å². The average Bonchev–Trinajstić information content (AvgIpc) is 2.83. The van der Waals surface area contributed by atoms with Gasteiger partial charge in [-0.15, -0.1) is 5.10 Å². The van der Waals surface area contributed by atoms with Gasteiger partial charge in [0.1, 0.15) is 5.52 Å². The first kappa shape index (κ1) is 11.3. The molecule has 0 aliphatic heterocycles. The van der Waals surface area contributed by atoms with E-state index in [4.69, 9.17) is 0 Å². The second-order valence-corrected chi connectivity index (χ2v) is 4.14. The predicted molar refractivity (Wildman–Crippen MR) is 68.3 cm³/mol. The maximum atomic E-state index is 12.2. The molecule has 19 heavy (non-hydrogen) atoms. The molecule has 2 heterocycles. The fourth-order valence-corrected chi connectivity index (χ4v) is 1.93. The molecule has 0 fully saturated rings. The zero-order chi connectivity index (χ0) is 13.6. The number of ketones is 1. The van der Waals surface area contributed by atoms with Crippen LogP contribution in [0.15, 0.2) is 27.8 Å². The smallest absolute Gasteiger partial charge is 0.278 e. The van der Waals surface area contributed by atoms with Gasteiger partial charge in [-0.2, -0.15) is 0 Å². The van der Waals surface area contributed by atoms with Crippen LogP contribution in [-0.2, 0) is 0 Å². The summed E-state index contributed by atoms with van der Waals surface area (Å²) in [7, 11) is 0. The predicted octanol–water partition coefficient (Wildman–Crippen LogP) is 0.362. The summed E-state index contributed by atoms with van der Waals surface area (Å²) in [6, 6.07) is 4.53. The number of Topliss-reactive ketones (excluding diaryl/α,β-unsaturated/α-hetero) is 1. The van der Waals surface area contributed by atoms with Gasteiger partial charge in [0.25, 0.3) is 5.56 Å². The minimum Gasteiger partial charge on any atom is -0.320 e. The summed E-state index contributed by atoms with van der Waals surface area (Å²) in [5.74, 6) is -0.146. The molecule has 0 saturated heterocycles. The summed E-state index contributed by atoms with van der Waals surface area (Å²) in [4.78, 5) is 38.0. The third kappa shape index (κ3) is 1.63. The van der Waals surface area contributed by atoms with Crippen molar-refractivity contribution in [2.45, 2.75) is 6.92 Å². The molecule has 94 valence electrons. The largest absolute Gasteiger partial charge is 0.320 e. The van der Waals surface area contributed by atoms with Gasteiger partial charge in [0, 0.05) is 10.9 Å². The number of fused-ring (bicyclic) bond motifs is 2. The molecule has 0 radical (unpaired) electrons. The molecule has 0 bridgehead atoms. The van der Waals surface area contributed by atoms with Crippen molar-refractivity contribution in [2.75, 3.05) is 0 Å². The lowest BCUT2D eigenvalue weighted by molar-refractivity contribution is 0.101. The Hall–Kier alpha value is -2.83. The van der Waals surface area contributed by atoms with Gasteiger partial charge in [-0.25, -0.2) is 0 Å². The van der Waals surface area contributed by atoms with Gasteiger partial charge in [-0.05, 0) is 19.1 Å². The van der Waals surface area contributed by atoms with Crippen LogP contribution in [0.25, 0.3) is 21.9 Å². The first-order chi connectivity index (χ1) is 9.08. The first-order valence-corrected chi connectivity index (χ1v) is 5.50. The number of hydrogen-bond donors (Lipinski definition) is 2. The Morgan fingerprint density at radius 1 is 1.26 bits per heavy atom. The van der Waals surface area contributed by atoms with E-state index < -0.39 is 5.56 Å². The van der Waals surface area contributed by atoms with E-state index >= 15 is 0 Å². The standard InChI is InChI=1S/C12H8N4O3/c1-5(17)6-2-3-7-8(4-6)13-12(19)10-9(11(7)18)14-16-15-10/h2-4H,1H3,(H,13,19)(H,14,15,16). The van der Waals surface area contributed by atoms with Crippen LogP contribution in [0.3, 0.4) is 0 Å². The van der Waals surface area contributed by atoms with Crippen molar-refractivity contribution < 1.29 is 4.79 Å². The van der Waals surface area contributed by atoms with Gasteiger partial charge >= 0.3 is 0 Å². The van der Waals surface area contributed by atoms with Gasteiger partial charge in [-0.1, -0.05) is 11.3 Å². The van der Waals surface area contributed by atoms with Crippen LogP contribution in [-0.4, -0.2) is 26.2 Å². The quantitative estimate of drug-likeness (QED) is 0.611. The normalized spacial score (nSPS) is 11.0. The number of carbonyl (C=O) groups is 1. The summed E-state index contributed by atoms with van der Waals surface area (Å²) < 4.78 is 0. The maximum Gasteiger partial charge on any atom is 0.278 e. The van der Waals surface area contributed by atoms with Crippen molar-refractivity contribution in [1.29, 1.82) is 0 Å². The SMILES string of the molecule is CC(=O)c1ccc2c(=O)c3[nH]nnc3c(=O)[nH]c2c1. The fraction of sp³-hybridized carbons (Fsp3) is 0.0833. The lowest BCUT2D eigenvalue weighted by atomic mass is 10.1. The van der Waals surface area contributed by atoms with Crippen molar-refractivity contribution in [3.05, 3.63) is 44.3 Å². The zero-order valence-corrected chi connectivity index (χ0v) is 9.85. The van der Waals surface area contributed by atoms with Crippen molar-refractivity contribution in [3.63, 3.8) is 0 Å². The number of aromatic amines is 2. The third-order valence-electron chi connectivity index (χ3n) is 2.91. The number of hydrogen-bond acceptors (Lipinski definition) is 5. The zero-order valence-electron chi connectivity index (χ0n) is 9.85. The average molecular weight is 256 g/mol. The molecule has 7 heteroatoms. The van der Waals surface area contributed by atoms with Crippen molar-refractivity contribution >= 4 is 27.7 Å². The van der Waals surface area contributed by atoms with E-state index in [1.54, 1.807) is 6.07 Å². The molecule has 0 aliphatic rings. The Morgan fingerprint density at radius 3 is 2.79 bits per heavy atom. The molecule has 0 saturated carbocycles. The molecule has 0 amide bonds. The summed E-state index contributed by atoms with van der Waals surface area (Å²) in [6.45, 7) is 1.41. The van der Waals surface area contributed by atoms with Crippen molar-refractivity contribution in [3.8, 4) is 0 Å². The highest BCUT2D eigenvalue weighted by molar-refractivity contribution is 5.98. The van der Waals surface area contributed by atoms with E-state index in [2.05, 4.69) is 20.4 Å². The molecule has 0 spiro atoms. The molecule has 3 rings (SSSR count). The summed E-state index contributed by atoms with van der Waals surface area (Å²) in [5, 5.41) is 9.75. The maximum absolute atomic E-state index is 12.2. The molecular formula is C12H8N4O3. The minimum atomic E-state index is -0.531. The number of benzene rings is 1. The van der Waals surface area contributed by atoms with Gasteiger partial charge in [0.05, 0.1) is 5.52 Å². The lowest BCUT2D eigenvalue weighted by Gasteiger charge is -1.96. The summed E-state index contributed by atoms with van der Waals surface area (Å²) in [5.41, 5.74) is -0.199. The highest BCUT2D eigenvalue weighted by atomic mass is 16.1. The molecule has 0 aliphatic carbocycles. The van der Waals surface area contributed by atoms with Crippen LogP contribution in [0.1, 0.15) is 17.3 Å². The Labute approximate surface area is 105 Å². The van der Waals surface area contributed by atoms with Crippen LogP contribution >= 0.6 is 0 Å². The van der Waals surface area contributed by atoms with E-state index in [0.717, 1.165) is 0 Å². The van der Waals surface area contributed by atoms with E-state index in [1.165, 1.54) is 19.1 Å². The number of carbonyl (C=O) groups excluding carboxylic acids is 1. The van der Waals surface area contributed by atoms with Crippen molar-refractivity contribution in [2.24, 2.45) is 0 Å². The lowest BCUT2D eigenvalue weighted by Crippen LogP contribution is -2.03. The van der Waals surface area contributed by atoms with Gasteiger partial charge in [0.2, 0.25) is 5.43 Å². The molecule has 7 nitrogen and oxygen atoms in total. The number of nitrogens with one attached hydrogen (secondary N) is 2. The van der Waals surface area contributed by atoms with Gasteiger partial charge in [-0.3, -0.25) is 19.5 Å². The van der Waals surface area contributed by atoms with E-state index in [0.29, 0.717) is 16.5 Å². The molecule has 0 atom stereocenters. The van der Waals surface area contributed by atoms with Crippen LogP contribution in [0.4, 0.5) is 0 Å². The second-order valence-electron chi connectivity index (χ2n) is 4.14. The number of rotatable bonds is 1. The Balaban J connectivity index is 2.60. The van der Waals surface area contributed by atoms with Crippen LogP contribution in [0, 0.1) is 0 Å². The highest BCUT2D eigenvalue weighted by Gasteiger charge is 2.10. The summed E-state index contributed by atoms with van der Waals surface area (Å²) >= 11 is 0. The Bertz CT molecular complexity index is 939.